The van der Waals surface area contributed by atoms with Gasteiger partial charge in [0.1, 0.15) is 18.1 Å². The zero-order valence-corrected chi connectivity index (χ0v) is 29.3. The highest BCUT2D eigenvalue weighted by molar-refractivity contribution is 7.99. The minimum atomic E-state index is -0.931. The predicted octanol–water partition coefficient (Wildman–Crippen LogP) is 7.42. The average Bonchev–Trinajstić information content (AvgIpc) is 3.12. The lowest BCUT2D eigenvalue weighted by atomic mass is 9.82. The molecule has 2 aliphatic heterocycles. The first kappa shape index (κ1) is 36.1. The second kappa shape index (κ2) is 17.4. The van der Waals surface area contributed by atoms with Crippen molar-refractivity contribution in [2.24, 2.45) is 23.7 Å². The number of carbonyl (C=O) groups is 2. The molecular formula is C39H48O8S. The first-order valence-corrected chi connectivity index (χ1v) is 18.0. The summed E-state index contributed by atoms with van der Waals surface area (Å²) < 4.78 is 38.3. The van der Waals surface area contributed by atoms with E-state index in [0.717, 1.165) is 11.3 Å². The van der Waals surface area contributed by atoms with Crippen molar-refractivity contribution in [3.63, 3.8) is 0 Å². The Labute approximate surface area is 288 Å². The second-order valence-electron chi connectivity index (χ2n) is 12.8. The zero-order valence-electron chi connectivity index (χ0n) is 28.4. The Kier molecular flexibility index (Phi) is 13.1. The van der Waals surface area contributed by atoms with Gasteiger partial charge in [0.25, 0.3) is 0 Å². The van der Waals surface area contributed by atoms with Crippen molar-refractivity contribution in [3.8, 4) is 0 Å². The first-order chi connectivity index (χ1) is 23.3. The van der Waals surface area contributed by atoms with Gasteiger partial charge >= 0.3 is 11.9 Å². The van der Waals surface area contributed by atoms with Crippen molar-refractivity contribution in [1.29, 1.82) is 0 Å². The molecule has 0 radical (unpaired) electrons. The van der Waals surface area contributed by atoms with Crippen LogP contribution in [-0.4, -0.2) is 67.0 Å². The van der Waals surface area contributed by atoms with Gasteiger partial charge in [-0.2, -0.15) is 0 Å². The molecule has 258 valence electrons. The van der Waals surface area contributed by atoms with Crippen molar-refractivity contribution in [2.45, 2.75) is 77.4 Å². The largest absolute Gasteiger partial charge is 0.459 e. The molecule has 2 aliphatic rings. The Bertz CT molecular complexity index is 1420. The van der Waals surface area contributed by atoms with Crippen LogP contribution in [-0.2, 0) is 35.0 Å². The zero-order chi connectivity index (χ0) is 34.0. The summed E-state index contributed by atoms with van der Waals surface area (Å²) in [5.74, 6) is 0.0139. The lowest BCUT2D eigenvalue weighted by Gasteiger charge is -2.49. The van der Waals surface area contributed by atoms with Gasteiger partial charge in [-0.25, -0.2) is 9.59 Å². The van der Waals surface area contributed by atoms with Gasteiger partial charge in [-0.1, -0.05) is 101 Å². The van der Waals surface area contributed by atoms with Crippen LogP contribution in [0.1, 0.15) is 60.9 Å². The molecule has 0 spiro atoms. The van der Waals surface area contributed by atoms with Crippen LogP contribution in [0.25, 0.3) is 0 Å². The number of hydrogen-bond donors (Lipinski definition) is 0. The summed E-state index contributed by atoms with van der Waals surface area (Å²) in [7, 11) is 0. The molecule has 0 amide bonds. The molecule has 0 N–H and O–H groups in total. The Morgan fingerprint density at radius 3 is 1.88 bits per heavy atom. The van der Waals surface area contributed by atoms with Crippen LogP contribution >= 0.6 is 11.8 Å². The number of esters is 2. The lowest BCUT2D eigenvalue weighted by molar-refractivity contribution is -0.314. The molecule has 9 heteroatoms. The van der Waals surface area contributed by atoms with Gasteiger partial charge in [0.05, 0.1) is 36.5 Å². The normalized spacial score (nSPS) is 30.4. The monoisotopic (exact) mass is 676 g/mol. The number of benzene rings is 3. The molecule has 0 aromatic heterocycles. The number of hydrogen-bond acceptors (Lipinski definition) is 9. The highest BCUT2D eigenvalue weighted by atomic mass is 32.2. The fourth-order valence-electron chi connectivity index (χ4n) is 6.29. The summed E-state index contributed by atoms with van der Waals surface area (Å²) in [5.41, 5.74) is 1.98. The third-order valence-electron chi connectivity index (χ3n) is 9.62. The van der Waals surface area contributed by atoms with E-state index in [0.29, 0.717) is 24.3 Å². The molecule has 0 aliphatic carbocycles. The molecule has 8 nitrogen and oxygen atoms in total. The van der Waals surface area contributed by atoms with E-state index in [1.807, 2.05) is 56.3 Å². The summed E-state index contributed by atoms with van der Waals surface area (Å²) in [6.07, 6.45) is -2.94. The van der Waals surface area contributed by atoms with Gasteiger partial charge < -0.3 is 28.4 Å². The van der Waals surface area contributed by atoms with Gasteiger partial charge in [0.2, 0.25) is 0 Å². The van der Waals surface area contributed by atoms with Crippen LogP contribution in [0.5, 0.6) is 0 Å². The third-order valence-corrected chi connectivity index (χ3v) is 10.8. The maximum absolute atomic E-state index is 13.4. The van der Waals surface area contributed by atoms with Crippen molar-refractivity contribution >= 4 is 23.7 Å². The van der Waals surface area contributed by atoms with Crippen LogP contribution in [0.15, 0.2) is 91.0 Å². The maximum atomic E-state index is 13.4. The molecule has 5 rings (SSSR count). The third kappa shape index (κ3) is 9.07. The molecule has 3 aromatic rings. The Morgan fingerprint density at radius 1 is 0.667 bits per heavy atom. The molecule has 0 saturated carbocycles. The Hall–Kier alpha value is -3.21. The molecule has 2 saturated heterocycles. The van der Waals surface area contributed by atoms with Crippen molar-refractivity contribution in [3.05, 3.63) is 108 Å². The summed E-state index contributed by atoms with van der Waals surface area (Å²) >= 11 is 1.78. The molecule has 48 heavy (non-hydrogen) atoms. The van der Waals surface area contributed by atoms with Gasteiger partial charge in [0.15, 0.2) is 12.4 Å². The SMILES string of the molecule is CCS[C@@H]1O[C@@H](COCc2ccccc2)[C@@H](O[C@@H]2OC(COC(=O)c3ccccc3)[C@H](C)[C@H](C)C2OC(=O)c2ccccc2)C(C)C1C. The van der Waals surface area contributed by atoms with Crippen LogP contribution in [0.2, 0.25) is 0 Å². The fourth-order valence-corrected chi connectivity index (χ4v) is 7.39. The fraction of sp³-hybridized carbons (Fsp3) is 0.487. The summed E-state index contributed by atoms with van der Waals surface area (Å²) in [5, 5.41) is 0. The van der Waals surface area contributed by atoms with Crippen molar-refractivity contribution in [1.82, 2.24) is 0 Å². The van der Waals surface area contributed by atoms with E-state index in [2.05, 4.69) is 20.8 Å². The predicted molar refractivity (Wildman–Crippen MR) is 185 cm³/mol. The van der Waals surface area contributed by atoms with Crippen LogP contribution in [0.4, 0.5) is 0 Å². The molecule has 0 bridgehead atoms. The molecule has 2 heterocycles. The van der Waals surface area contributed by atoms with E-state index in [1.165, 1.54) is 0 Å². The quantitative estimate of drug-likeness (QED) is 0.172. The van der Waals surface area contributed by atoms with Gasteiger partial charge in [-0.05, 0) is 53.3 Å². The Balaban J connectivity index is 1.37. The number of thioether (sulfide) groups is 1. The molecule has 2 fully saturated rings. The highest BCUT2D eigenvalue weighted by Crippen LogP contribution is 2.41. The van der Waals surface area contributed by atoms with Crippen LogP contribution < -0.4 is 0 Å². The number of ether oxygens (including phenoxy) is 6. The average molecular weight is 677 g/mol. The highest BCUT2D eigenvalue weighted by Gasteiger charge is 2.49. The van der Waals surface area contributed by atoms with Crippen molar-refractivity contribution in [2.75, 3.05) is 19.0 Å². The van der Waals surface area contributed by atoms with E-state index in [4.69, 9.17) is 28.4 Å². The van der Waals surface area contributed by atoms with Gasteiger partial charge in [-0.15, -0.1) is 11.8 Å². The van der Waals surface area contributed by atoms with E-state index in [-0.39, 0.29) is 41.8 Å². The van der Waals surface area contributed by atoms with E-state index >= 15 is 0 Å². The Morgan fingerprint density at radius 2 is 1.25 bits per heavy atom. The topological polar surface area (TPSA) is 89.5 Å². The maximum Gasteiger partial charge on any atom is 0.338 e. The molecule has 3 aromatic carbocycles. The smallest absolute Gasteiger partial charge is 0.338 e. The van der Waals surface area contributed by atoms with Crippen LogP contribution in [0, 0.1) is 23.7 Å². The standard InChI is InChI=1S/C39H48O8S/c1-6-48-39-28(5)27(4)34(33(45-39)23-42-22-29-16-10-7-11-17-29)47-38-35(46-37(41)31-20-14-9-15-21-31)26(3)25(2)32(44-38)24-43-36(40)30-18-12-8-13-19-30/h7-21,25-28,32-35,38-39H,6,22-24H2,1-5H3/t25-,26+,27?,28?,32?,33+,34+,35?,38+,39+/m1/s1. The van der Waals surface area contributed by atoms with E-state index in [9.17, 15) is 9.59 Å². The summed E-state index contributed by atoms with van der Waals surface area (Å²) in [4.78, 5) is 26.2. The number of carbonyl (C=O) groups excluding carboxylic acids is 2. The summed E-state index contributed by atoms with van der Waals surface area (Å²) in [6.45, 7) is 11.3. The molecule has 4 unspecified atom stereocenters. The van der Waals surface area contributed by atoms with Gasteiger partial charge in [-0.3, -0.25) is 0 Å². The molecular weight excluding hydrogens is 628 g/mol. The summed E-state index contributed by atoms with van der Waals surface area (Å²) in [6, 6.07) is 27.8. The van der Waals surface area contributed by atoms with E-state index in [1.54, 1.807) is 60.3 Å². The minimum Gasteiger partial charge on any atom is -0.459 e. The van der Waals surface area contributed by atoms with Gasteiger partial charge in [0, 0.05) is 5.92 Å². The van der Waals surface area contributed by atoms with Crippen molar-refractivity contribution < 1.29 is 38.0 Å². The first-order valence-electron chi connectivity index (χ1n) is 16.9. The lowest BCUT2D eigenvalue weighted by Crippen LogP contribution is -2.58. The minimum absolute atomic E-state index is 0.0155. The molecule has 10 atom stereocenters. The second-order valence-corrected chi connectivity index (χ2v) is 14.2. The van der Waals surface area contributed by atoms with E-state index < -0.39 is 36.5 Å². The van der Waals surface area contributed by atoms with Crippen LogP contribution in [0.3, 0.4) is 0 Å². The number of rotatable bonds is 13.